The molecule has 0 heterocycles. The third-order valence-corrected chi connectivity index (χ3v) is 3.83. The minimum absolute atomic E-state index is 0.0121. The standard InChI is InChI=1S/C11H18NO2P/c1-15(2,14)11-5-3-9(4-6-11)7-10(12)8-13/h3-6,10,13H,7-8,12H2,1-2H3. The van der Waals surface area contributed by atoms with Crippen LogP contribution >= 0.6 is 7.14 Å². The average molecular weight is 227 g/mol. The summed E-state index contributed by atoms with van der Waals surface area (Å²) in [6, 6.07) is 7.38. The van der Waals surface area contributed by atoms with E-state index in [1.807, 2.05) is 24.3 Å². The lowest BCUT2D eigenvalue weighted by atomic mass is 10.1. The average Bonchev–Trinajstić information content (AvgIpc) is 2.17. The van der Waals surface area contributed by atoms with Crippen LogP contribution in [0.2, 0.25) is 0 Å². The molecule has 0 saturated heterocycles. The summed E-state index contributed by atoms with van der Waals surface area (Å²) >= 11 is 0. The summed E-state index contributed by atoms with van der Waals surface area (Å²) in [6.07, 6.45) is 0.647. The molecule has 15 heavy (non-hydrogen) atoms. The lowest BCUT2D eigenvalue weighted by Gasteiger charge is -2.10. The monoisotopic (exact) mass is 227 g/mol. The number of nitrogens with two attached hydrogens (primary N) is 1. The van der Waals surface area contributed by atoms with Crippen molar-refractivity contribution in [2.45, 2.75) is 12.5 Å². The Bertz CT molecular complexity index is 355. The highest BCUT2D eigenvalue weighted by Crippen LogP contribution is 2.34. The number of benzene rings is 1. The van der Waals surface area contributed by atoms with Gasteiger partial charge in [-0.05, 0) is 25.3 Å². The molecule has 0 amide bonds. The molecule has 1 aromatic rings. The van der Waals surface area contributed by atoms with Gasteiger partial charge in [-0.25, -0.2) is 0 Å². The van der Waals surface area contributed by atoms with Gasteiger partial charge in [0.2, 0.25) is 0 Å². The van der Waals surface area contributed by atoms with Gasteiger partial charge in [0.15, 0.2) is 0 Å². The van der Waals surface area contributed by atoms with E-state index < -0.39 is 7.14 Å². The summed E-state index contributed by atoms with van der Waals surface area (Å²) < 4.78 is 11.7. The Morgan fingerprint density at radius 3 is 2.27 bits per heavy atom. The highest BCUT2D eigenvalue weighted by atomic mass is 31.2. The van der Waals surface area contributed by atoms with Crippen molar-refractivity contribution in [2.24, 2.45) is 5.73 Å². The first-order chi connectivity index (χ1) is 6.93. The topological polar surface area (TPSA) is 63.3 Å². The lowest BCUT2D eigenvalue weighted by molar-refractivity contribution is 0.265. The second kappa shape index (κ2) is 4.93. The van der Waals surface area contributed by atoms with Crippen molar-refractivity contribution in [3.05, 3.63) is 29.8 Å². The Hall–Kier alpha value is -0.630. The van der Waals surface area contributed by atoms with Crippen molar-refractivity contribution in [3.8, 4) is 0 Å². The maximum Gasteiger partial charge on any atom is 0.109 e. The van der Waals surface area contributed by atoms with Gasteiger partial charge in [-0.1, -0.05) is 24.3 Å². The molecule has 3 nitrogen and oxygen atoms in total. The van der Waals surface area contributed by atoms with E-state index in [9.17, 15) is 4.57 Å². The van der Waals surface area contributed by atoms with Crippen molar-refractivity contribution in [2.75, 3.05) is 19.9 Å². The molecule has 84 valence electrons. The van der Waals surface area contributed by atoms with Crippen molar-refractivity contribution in [1.29, 1.82) is 0 Å². The molecule has 0 aliphatic heterocycles. The van der Waals surface area contributed by atoms with E-state index in [1.54, 1.807) is 13.3 Å². The van der Waals surface area contributed by atoms with Crippen LogP contribution in [0.25, 0.3) is 0 Å². The zero-order valence-electron chi connectivity index (χ0n) is 9.18. The molecule has 4 heteroatoms. The van der Waals surface area contributed by atoms with Crippen LogP contribution in [0, 0.1) is 0 Å². The summed E-state index contributed by atoms with van der Waals surface area (Å²) in [6.45, 7) is 3.49. The van der Waals surface area contributed by atoms with E-state index in [-0.39, 0.29) is 12.6 Å². The van der Waals surface area contributed by atoms with Crippen LogP contribution in [0.4, 0.5) is 0 Å². The maximum absolute atomic E-state index is 11.7. The molecular weight excluding hydrogens is 209 g/mol. The van der Waals surface area contributed by atoms with Crippen LogP contribution in [0.3, 0.4) is 0 Å². The first kappa shape index (κ1) is 12.4. The molecular formula is C11H18NO2P. The molecule has 1 unspecified atom stereocenters. The second-order valence-corrected chi connectivity index (χ2v) is 7.38. The van der Waals surface area contributed by atoms with E-state index in [2.05, 4.69) is 0 Å². The molecule has 1 atom stereocenters. The minimum Gasteiger partial charge on any atom is -0.395 e. The maximum atomic E-state index is 11.7. The van der Waals surface area contributed by atoms with Gasteiger partial charge in [0.05, 0.1) is 6.61 Å². The van der Waals surface area contributed by atoms with Gasteiger partial charge in [-0.15, -0.1) is 0 Å². The Morgan fingerprint density at radius 1 is 1.33 bits per heavy atom. The van der Waals surface area contributed by atoms with Gasteiger partial charge in [0.25, 0.3) is 0 Å². The second-order valence-electron chi connectivity index (χ2n) is 4.16. The van der Waals surface area contributed by atoms with E-state index in [0.717, 1.165) is 10.9 Å². The quantitative estimate of drug-likeness (QED) is 0.748. The van der Waals surface area contributed by atoms with Crippen molar-refractivity contribution in [3.63, 3.8) is 0 Å². The fourth-order valence-corrected chi connectivity index (χ4v) is 2.23. The third kappa shape index (κ3) is 3.78. The van der Waals surface area contributed by atoms with Gasteiger partial charge in [0.1, 0.15) is 7.14 Å². The Balaban J connectivity index is 2.77. The number of hydrogen-bond acceptors (Lipinski definition) is 3. The largest absolute Gasteiger partial charge is 0.395 e. The summed E-state index contributed by atoms with van der Waals surface area (Å²) in [7, 11) is -2.16. The summed E-state index contributed by atoms with van der Waals surface area (Å²) in [5.74, 6) is 0. The molecule has 0 aliphatic rings. The third-order valence-electron chi connectivity index (χ3n) is 2.29. The SMILES string of the molecule is CP(C)(=O)c1ccc(CC(N)CO)cc1. The molecule has 1 rings (SSSR count). The predicted octanol–water partition coefficient (Wildman–Crippen LogP) is 0.797. The fraction of sp³-hybridized carbons (Fsp3) is 0.455. The van der Waals surface area contributed by atoms with Gasteiger partial charge < -0.3 is 15.4 Å². The molecule has 0 aromatic heterocycles. The van der Waals surface area contributed by atoms with Gasteiger partial charge in [-0.3, -0.25) is 0 Å². The molecule has 0 saturated carbocycles. The fourth-order valence-electron chi connectivity index (χ4n) is 1.36. The number of aliphatic hydroxyl groups is 1. The Kier molecular flexibility index (Phi) is 4.09. The number of aliphatic hydroxyl groups excluding tert-OH is 1. The van der Waals surface area contributed by atoms with Crippen LogP contribution in [0.1, 0.15) is 5.56 Å². The molecule has 0 fully saturated rings. The van der Waals surface area contributed by atoms with Crippen LogP contribution < -0.4 is 11.0 Å². The highest BCUT2D eigenvalue weighted by Gasteiger charge is 2.10. The van der Waals surface area contributed by atoms with Gasteiger partial charge >= 0.3 is 0 Å². The van der Waals surface area contributed by atoms with Crippen LogP contribution in [0.5, 0.6) is 0 Å². The Labute approximate surface area is 90.7 Å². The highest BCUT2D eigenvalue weighted by molar-refractivity contribution is 7.70. The zero-order valence-corrected chi connectivity index (χ0v) is 10.1. The molecule has 3 N–H and O–H groups in total. The zero-order chi connectivity index (χ0) is 11.5. The molecule has 1 aromatic carbocycles. The van der Waals surface area contributed by atoms with Crippen molar-refractivity contribution < 1.29 is 9.67 Å². The summed E-state index contributed by atoms with van der Waals surface area (Å²) in [4.78, 5) is 0. The predicted molar refractivity (Wildman–Crippen MR) is 64.3 cm³/mol. The van der Waals surface area contributed by atoms with Crippen LogP contribution in [-0.4, -0.2) is 31.1 Å². The normalized spacial score (nSPS) is 13.9. The van der Waals surface area contributed by atoms with Gasteiger partial charge in [-0.2, -0.15) is 0 Å². The van der Waals surface area contributed by atoms with Crippen LogP contribution in [0.15, 0.2) is 24.3 Å². The first-order valence-electron chi connectivity index (χ1n) is 4.94. The summed E-state index contributed by atoms with van der Waals surface area (Å²) in [5, 5.41) is 9.69. The Morgan fingerprint density at radius 2 is 1.87 bits per heavy atom. The first-order valence-corrected chi connectivity index (χ1v) is 7.54. The van der Waals surface area contributed by atoms with Gasteiger partial charge in [0, 0.05) is 11.3 Å². The van der Waals surface area contributed by atoms with Crippen LogP contribution in [-0.2, 0) is 11.0 Å². The van der Waals surface area contributed by atoms with E-state index in [1.165, 1.54) is 0 Å². The number of hydrogen-bond donors (Lipinski definition) is 2. The molecule has 0 bridgehead atoms. The van der Waals surface area contributed by atoms with Crippen molar-refractivity contribution >= 4 is 12.4 Å². The summed E-state index contributed by atoms with van der Waals surface area (Å²) in [5.41, 5.74) is 6.69. The molecule has 0 aliphatic carbocycles. The van der Waals surface area contributed by atoms with Crippen molar-refractivity contribution in [1.82, 2.24) is 0 Å². The molecule has 0 spiro atoms. The van der Waals surface area contributed by atoms with E-state index >= 15 is 0 Å². The smallest absolute Gasteiger partial charge is 0.109 e. The van der Waals surface area contributed by atoms with E-state index in [4.69, 9.17) is 10.8 Å². The molecule has 0 radical (unpaired) electrons. The lowest BCUT2D eigenvalue weighted by Crippen LogP contribution is -2.26. The van der Waals surface area contributed by atoms with E-state index in [0.29, 0.717) is 6.42 Å². The number of rotatable bonds is 4. The minimum atomic E-state index is -2.16.